The SMILES string of the molecule is CCN(CCC#N)c1ccnc2c(N)cccc12. The minimum atomic E-state index is 0.514. The Kier molecular flexibility index (Phi) is 3.63. The van der Waals surface area contributed by atoms with E-state index in [2.05, 4.69) is 22.9 Å². The molecule has 0 fully saturated rings. The van der Waals surface area contributed by atoms with E-state index in [0.717, 1.165) is 29.7 Å². The zero-order valence-corrected chi connectivity index (χ0v) is 10.4. The summed E-state index contributed by atoms with van der Waals surface area (Å²) in [5.41, 5.74) is 8.53. The van der Waals surface area contributed by atoms with E-state index in [0.29, 0.717) is 12.1 Å². The molecule has 0 aliphatic carbocycles. The van der Waals surface area contributed by atoms with Crippen molar-refractivity contribution in [1.82, 2.24) is 4.98 Å². The fourth-order valence-electron chi connectivity index (χ4n) is 2.09. The van der Waals surface area contributed by atoms with Crippen LogP contribution < -0.4 is 10.6 Å². The molecule has 0 spiro atoms. The Balaban J connectivity index is 2.50. The number of nitrogen functional groups attached to an aromatic ring is 1. The maximum absolute atomic E-state index is 8.71. The molecule has 4 heteroatoms. The molecule has 0 saturated carbocycles. The number of hydrogen-bond acceptors (Lipinski definition) is 4. The van der Waals surface area contributed by atoms with Gasteiger partial charge in [-0.1, -0.05) is 12.1 Å². The first kappa shape index (κ1) is 12.2. The third kappa shape index (κ3) is 2.21. The predicted octanol–water partition coefficient (Wildman–Crippen LogP) is 2.56. The van der Waals surface area contributed by atoms with Crippen LogP contribution in [0, 0.1) is 11.3 Å². The largest absolute Gasteiger partial charge is 0.397 e. The fraction of sp³-hybridized carbons (Fsp3) is 0.286. The van der Waals surface area contributed by atoms with Crippen molar-refractivity contribution in [3.8, 4) is 6.07 Å². The highest BCUT2D eigenvalue weighted by Crippen LogP contribution is 2.28. The monoisotopic (exact) mass is 240 g/mol. The molecular weight excluding hydrogens is 224 g/mol. The summed E-state index contributed by atoms with van der Waals surface area (Å²) in [6.45, 7) is 3.66. The lowest BCUT2D eigenvalue weighted by molar-refractivity contribution is 0.830. The molecule has 0 saturated heterocycles. The van der Waals surface area contributed by atoms with Gasteiger partial charge >= 0.3 is 0 Å². The Morgan fingerprint density at radius 2 is 2.22 bits per heavy atom. The molecule has 1 heterocycles. The van der Waals surface area contributed by atoms with Gasteiger partial charge in [0.2, 0.25) is 0 Å². The van der Waals surface area contributed by atoms with Crippen LogP contribution >= 0.6 is 0 Å². The van der Waals surface area contributed by atoms with Crippen molar-refractivity contribution in [2.75, 3.05) is 23.7 Å². The average Bonchev–Trinajstić information content (AvgIpc) is 2.40. The Morgan fingerprint density at radius 1 is 1.39 bits per heavy atom. The second-order valence-electron chi connectivity index (χ2n) is 4.06. The Hall–Kier alpha value is -2.28. The second kappa shape index (κ2) is 5.37. The molecule has 0 unspecified atom stereocenters. The number of aromatic nitrogens is 1. The van der Waals surface area contributed by atoms with E-state index in [1.807, 2.05) is 24.3 Å². The minimum absolute atomic E-state index is 0.514. The van der Waals surface area contributed by atoms with Gasteiger partial charge in [0.1, 0.15) is 0 Å². The van der Waals surface area contributed by atoms with Crippen molar-refractivity contribution in [2.45, 2.75) is 13.3 Å². The summed E-state index contributed by atoms with van der Waals surface area (Å²) in [6.07, 6.45) is 2.28. The van der Waals surface area contributed by atoms with Gasteiger partial charge in [0.05, 0.1) is 23.7 Å². The second-order valence-corrected chi connectivity index (χ2v) is 4.06. The molecule has 18 heavy (non-hydrogen) atoms. The number of para-hydroxylation sites is 1. The number of rotatable bonds is 4. The molecule has 2 aromatic rings. The molecule has 1 aromatic carbocycles. The molecule has 0 bridgehead atoms. The molecule has 1 aromatic heterocycles. The van der Waals surface area contributed by atoms with Crippen LogP contribution in [-0.2, 0) is 0 Å². The molecule has 0 amide bonds. The van der Waals surface area contributed by atoms with Crippen molar-refractivity contribution in [2.24, 2.45) is 0 Å². The van der Waals surface area contributed by atoms with Crippen LogP contribution in [-0.4, -0.2) is 18.1 Å². The molecular formula is C14H16N4. The molecule has 92 valence electrons. The van der Waals surface area contributed by atoms with Crippen molar-refractivity contribution >= 4 is 22.3 Å². The number of nitrogens with zero attached hydrogens (tertiary/aromatic N) is 3. The fourth-order valence-corrected chi connectivity index (χ4v) is 2.09. The van der Waals surface area contributed by atoms with E-state index in [1.54, 1.807) is 6.20 Å². The standard InChI is InChI=1S/C14H16N4/c1-2-18(10-4-8-15)13-7-9-17-14-11(13)5-3-6-12(14)16/h3,5-7,9H,2,4,10,16H2,1H3. The van der Waals surface area contributed by atoms with E-state index >= 15 is 0 Å². The number of nitrogens with two attached hydrogens (primary N) is 1. The summed E-state index contributed by atoms with van der Waals surface area (Å²) in [6, 6.07) is 9.95. The zero-order valence-electron chi connectivity index (χ0n) is 10.4. The van der Waals surface area contributed by atoms with Gasteiger partial charge in [-0.25, -0.2) is 0 Å². The molecule has 0 aliphatic heterocycles. The normalized spacial score (nSPS) is 10.2. The van der Waals surface area contributed by atoms with Crippen molar-refractivity contribution < 1.29 is 0 Å². The van der Waals surface area contributed by atoms with Gasteiger partial charge in [-0.3, -0.25) is 4.98 Å². The van der Waals surface area contributed by atoms with Crippen LogP contribution in [0.15, 0.2) is 30.5 Å². The quantitative estimate of drug-likeness (QED) is 0.834. The molecule has 0 aliphatic rings. The van der Waals surface area contributed by atoms with Gasteiger partial charge < -0.3 is 10.6 Å². The first-order valence-corrected chi connectivity index (χ1v) is 6.03. The first-order chi connectivity index (χ1) is 8.77. The van der Waals surface area contributed by atoms with Gasteiger partial charge in [0.15, 0.2) is 0 Å². The van der Waals surface area contributed by atoms with Crippen molar-refractivity contribution in [1.29, 1.82) is 5.26 Å². The summed E-state index contributed by atoms with van der Waals surface area (Å²) in [7, 11) is 0. The van der Waals surface area contributed by atoms with E-state index < -0.39 is 0 Å². The summed E-state index contributed by atoms with van der Waals surface area (Å²) < 4.78 is 0. The molecule has 0 radical (unpaired) electrons. The van der Waals surface area contributed by atoms with Crippen LogP contribution in [0.4, 0.5) is 11.4 Å². The molecule has 0 atom stereocenters. The van der Waals surface area contributed by atoms with Crippen LogP contribution in [0.3, 0.4) is 0 Å². The number of nitriles is 1. The van der Waals surface area contributed by atoms with Gasteiger partial charge in [-0.2, -0.15) is 5.26 Å². The Morgan fingerprint density at radius 3 is 2.94 bits per heavy atom. The third-order valence-electron chi connectivity index (χ3n) is 3.00. The van der Waals surface area contributed by atoms with E-state index in [-0.39, 0.29) is 0 Å². The summed E-state index contributed by atoms with van der Waals surface area (Å²) in [5.74, 6) is 0. The third-order valence-corrected chi connectivity index (χ3v) is 3.00. The van der Waals surface area contributed by atoms with E-state index in [9.17, 15) is 0 Å². The maximum atomic E-state index is 8.71. The number of pyridine rings is 1. The Labute approximate surface area is 107 Å². The lowest BCUT2D eigenvalue weighted by Gasteiger charge is -2.23. The summed E-state index contributed by atoms with van der Waals surface area (Å²) in [5, 5.41) is 9.75. The average molecular weight is 240 g/mol. The number of benzene rings is 1. The van der Waals surface area contributed by atoms with Crippen molar-refractivity contribution in [3.05, 3.63) is 30.5 Å². The van der Waals surface area contributed by atoms with Gasteiger partial charge in [-0.05, 0) is 19.1 Å². The van der Waals surface area contributed by atoms with Crippen molar-refractivity contribution in [3.63, 3.8) is 0 Å². The zero-order chi connectivity index (χ0) is 13.0. The lowest BCUT2D eigenvalue weighted by atomic mass is 10.1. The molecule has 4 nitrogen and oxygen atoms in total. The smallest absolute Gasteiger partial charge is 0.0951 e. The number of hydrogen-bond donors (Lipinski definition) is 1. The van der Waals surface area contributed by atoms with Crippen LogP contribution in [0.5, 0.6) is 0 Å². The van der Waals surface area contributed by atoms with Crippen LogP contribution in [0.2, 0.25) is 0 Å². The highest BCUT2D eigenvalue weighted by molar-refractivity contribution is 5.97. The molecule has 2 N–H and O–H groups in total. The van der Waals surface area contributed by atoms with Crippen LogP contribution in [0.1, 0.15) is 13.3 Å². The molecule has 2 rings (SSSR count). The topological polar surface area (TPSA) is 65.9 Å². The Bertz CT molecular complexity index is 586. The lowest BCUT2D eigenvalue weighted by Crippen LogP contribution is -2.23. The highest BCUT2D eigenvalue weighted by Gasteiger charge is 2.09. The number of fused-ring (bicyclic) bond motifs is 1. The maximum Gasteiger partial charge on any atom is 0.0951 e. The van der Waals surface area contributed by atoms with E-state index in [1.165, 1.54) is 0 Å². The minimum Gasteiger partial charge on any atom is -0.397 e. The van der Waals surface area contributed by atoms with Crippen LogP contribution in [0.25, 0.3) is 10.9 Å². The summed E-state index contributed by atoms with van der Waals surface area (Å²) in [4.78, 5) is 6.49. The van der Waals surface area contributed by atoms with Gasteiger partial charge in [0.25, 0.3) is 0 Å². The van der Waals surface area contributed by atoms with Gasteiger partial charge in [0, 0.05) is 30.4 Å². The van der Waals surface area contributed by atoms with E-state index in [4.69, 9.17) is 11.0 Å². The highest BCUT2D eigenvalue weighted by atomic mass is 15.1. The predicted molar refractivity (Wildman–Crippen MR) is 74.3 cm³/mol. The number of anilines is 2. The van der Waals surface area contributed by atoms with Gasteiger partial charge in [-0.15, -0.1) is 0 Å². The first-order valence-electron chi connectivity index (χ1n) is 6.03. The summed E-state index contributed by atoms with van der Waals surface area (Å²) >= 11 is 0.